The summed E-state index contributed by atoms with van der Waals surface area (Å²) in [5.74, 6) is 1.69. The smallest absolute Gasteiger partial charge is 0.264 e. The highest BCUT2D eigenvalue weighted by Crippen LogP contribution is 2.34. The molecule has 2 heterocycles. The molecule has 4 rings (SSSR count). The number of pyridine rings is 1. The molecule has 0 saturated carbocycles. The van der Waals surface area contributed by atoms with E-state index in [0.29, 0.717) is 34.1 Å². The number of ether oxygens (including phenoxy) is 3. The van der Waals surface area contributed by atoms with E-state index in [1.54, 1.807) is 45.9 Å². The molecule has 36 heavy (non-hydrogen) atoms. The van der Waals surface area contributed by atoms with Gasteiger partial charge in [0.15, 0.2) is 0 Å². The van der Waals surface area contributed by atoms with Crippen molar-refractivity contribution in [3.63, 3.8) is 0 Å². The fourth-order valence-electron chi connectivity index (χ4n) is 3.59. The van der Waals surface area contributed by atoms with E-state index >= 15 is 0 Å². The minimum Gasteiger partial charge on any atom is -0.497 e. The molecule has 0 aliphatic carbocycles. The normalized spacial score (nSPS) is 11.3. The van der Waals surface area contributed by atoms with Crippen LogP contribution in [0.25, 0.3) is 22.3 Å². The van der Waals surface area contributed by atoms with E-state index in [1.165, 1.54) is 0 Å². The monoisotopic (exact) mass is 510 g/mol. The van der Waals surface area contributed by atoms with Crippen LogP contribution in [0.1, 0.15) is 0 Å². The van der Waals surface area contributed by atoms with Gasteiger partial charge in [0.2, 0.25) is 5.88 Å². The lowest BCUT2D eigenvalue weighted by atomic mass is 10.1. The molecule has 0 bridgehead atoms. The zero-order valence-electron chi connectivity index (χ0n) is 20.3. The summed E-state index contributed by atoms with van der Waals surface area (Å²) >= 11 is 0. The first-order chi connectivity index (χ1) is 17.3. The van der Waals surface area contributed by atoms with Crippen LogP contribution < -0.4 is 19.1 Å². The van der Waals surface area contributed by atoms with Crippen LogP contribution in [-0.4, -0.2) is 64.1 Å². The number of rotatable bonds is 10. The molecule has 2 aromatic heterocycles. The summed E-state index contributed by atoms with van der Waals surface area (Å²) < 4.78 is 44.1. The summed E-state index contributed by atoms with van der Waals surface area (Å²) in [5.41, 5.74) is 4.31. The Morgan fingerprint density at radius 2 is 1.56 bits per heavy atom. The Morgan fingerprint density at radius 3 is 2.17 bits per heavy atom. The predicted molar refractivity (Wildman–Crippen MR) is 137 cm³/mol. The summed E-state index contributed by atoms with van der Waals surface area (Å²) in [7, 11) is 1.09. The minimum atomic E-state index is -3.60. The Hall–Kier alpha value is -3.96. The first kappa shape index (κ1) is 25.1. The second kappa shape index (κ2) is 10.8. The van der Waals surface area contributed by atoms with Gasteiger partial charge in [-0.1, -0.05) is 0 Å². The third kappa shape index (κ3) is 5.99. The Kier molecular flexibility index (Phi) is 7.51. The molecule has 188 valence electrons. The van der Waals surface area contributed by atoms with Crippen molar-refractivity contribution < 1.29 is 26.8 Å². The van der Waals surface area contributed by atoms with Gasteiger partial charge in [-0.15, -0.1) is 0 Å². The van der Waals surface area contributed by atoms with E-state index in [0.717, 1.165) is 23.2 Å². The minimum absolute atomic E-state index is 0.0559. The Labute approximate surface area is 209 Å². The predicted octanol–water partition coefficient (Wildman–Crippen LogP) is 3.83. The van der Waals surface area contributed by atoms with Crippen molar-refractivity contribution in [2.45, 2.75) is 0 Å². The molecule has 0 spiro atoms. The molecular weight excluding hydrogens is 484 g/mol. The molecule has 10 nitrogen and oxygen atoms in total. The number of anilines is 2. The molecule has 0 aliphatic heterocycles. The van der Waals surface area contributed by atoms with E-state index in [-0.39, 0.29) is 13.2 Å². The molecule has 11 heteroatoms. The van der Waals surface area contributed by atoms with E-state index in [4.69, 9.17) is 23.4 Å². The summed E-state index contributed by atoms with van der Waals surface area (Å²) in [6.45, 7) is 0.185. The second-order valence-electron chi connectivity index (χ2n) is 7.77. The van der Waals surface area contributed by atoms with Crippen molar-refractivity contribution in [1.82, 2.24) is 15.0 Å². The number of hydrogen-bond acceptors (Lipinski definition) is 10. The fourth-order valence-corrected chi connectivity index (χ4v) is 3.97. The summed E-state index contributed by atoms with van der Waals surface area (Å²) in [6.07, 6.45) is 4.39. The van der Waals surface area contributed by atoms with Crippen LogP contribution in [0.15, 0.2) is 60.9 Å². The summed E-state index contributed by atoms with van der Waals surface area (Å²) in [4.78, 5) is 15.5. The van der Waals surface area contributed by atoms with Gasteiger partial charge in [0, 0.05) is 53.9 Å². The van der Waals surface area contributed by atoms with Gasteiger partial charge >= 0.3 is 0 Å². The van der Waals surface area contributed by atoms with Gasteiger partial charge in [0.25, 0.3) is 10.1 Å². The number of hydrogen-bond donors (Lipinski definition) is 0. The van der Waals surface area contributed by atoms with Crippen molar-refractivity contribution in [1.29, 1.82) is 0 Å². The van der Waals surface area contributed by atoms with Crippen LogP contribution >= 0.6 is 0 Å². The van der Waals surface area contributed by atoms with Crippen molar-refractivity contribution in [2.75, 3.05) is 45.6 Å². The molecule has 0 saturated heterocycles. The molecule has 0 aliphatic rings. The zero-order valence-corrected chi connectivity index (χ0v) is 21.2. The molecular formula is C25H26N4O6S. The number of methoxy groups -OCH3 is 3. The van der Waals surface area contributed by atoms with Gasteiger partial charge in [-0.25, -0.2) is 9.97 Å². The molecule has 0 amide bonds. The summed E-state index contributed by atoms with van der Waals surface area (Å²) in [5, 5.41) is 0. The van der Waals surface area contributed by atoms with Gasteiger partial charge in [0.1, 0.15) is 11.5 Å². The van der Waals surface area contributed by atoms with E-state index < -0.39 is 10.1 Å². The van der Waals surface area contributed by atoms with Gasteiger partial charge in [-0.2, -0.15) is 8.42 Å². The molecule has 0 radical (unpaired) electrons. The van der Waals surface area contributed by atoms with Crippen LogP contribution in [0.2, 0.25) is 0 Å². The van der Waals surface area contributed by atoms with Crippen LogP contribution in [0.3, 0.4) is 0 Å². The van der Waals surface area contributed by atoms with Gasteiger partial charge in [-0.3, -0.25) is 9.17 Å². The lowest BCUT2D eigenvalue weighted by molar-refractivity contribution is 0.330. The highest BCUT2D eigenvalue weighted by molar-refractivity contribution is 7.85. The third-order valence-corrected chi connectivity index (χ3v) is 5.93. The molecule has 2 aromatic carbocycles. The van der Waals surface area contributed by atoms with Gasteiger partial charge in [-0.05, 0) is 24.3 Å². The van der Waals surface area contributed by atoms with Crippen molar-refractivity contribution in [3.8, 4) is 28.6 Å². The topological polar surface area (TPSA) is 113 Å². The van der Waals surface area contributed by atoms with Crippen LogP contribution in [-0.2, 0) is 14.3 Å². The Morgan fingerprint density at radius 1 is 0.806 bits per heavy atom. The van der Waals surface area contributed by atoms with Crippen LogP contribution in [0, 0.1) is 0 Å². The van der Waals surface area contributed by atoms with E-state index in [2.05, 4.69) is 9.97 Å². The quantitative estimate of drug-likeness (QED) is 0.292. The highest BCUT2D eigenvalue weighted by atomic mass is 32.2. The SMILES string of the molecule is COc1cc(OC)cc(N(CCOS(C)(=O)=O)c2ccc3ncc(-c4ccc(OC)nc4)nc3c2)c1. The molecule has 0 unspecified atom stereocenters. The second-order valence-corrected chi connectivity index (χ2v) is 9.41. The first-order valence-electron chi connectivity index (χ1n) is 10.9. The largest absolute Gasteiger partial charge is 0.497 e. The maximum atomic E-state index is 11.6. The first-order valence-corrected chi connectivity index (χ1v) is 12.7. The number of benzene rings is 2. The van der Waals surface area contributed by atoms with Crippen molar-refractivity contribution >= 4 is 32.5 Å². The number of nitrogens with zero attached hydrogens (tertiary/aromatic N) is 4. The zero-order chi connectivity index (χ0) is 25.7. The van der Waals surface area contributed by atoms with E-state index in [1.807, 2.05) is 41.3 Å². The van der Waals surface area contributed by atoms with Crippen molar-refractivity contribution in [3.05, 3.63) is 60.9 Å². The maximum Gasteiger partial charge on any atom is 0.264 e. The number of fused-ring (bicyclic) bond motifs is 1. The fraction of sp³-hybridized carbons (Fsp3) is 0.240. The van der Waals surface area contributed by atoms with Crippen LogP contribution in [0.5, 0.6) is 17.4 Å². The lowest BCUT2D eigenvalue weighted by Gasteiger charge is -2.26. The third-order valence-electron chi connectivity index (χ3n) is 5.34. The van der Waals surface area contributed by atoms with Gasteiger partial charge < -0.3 is 19.1 Å². The Bertz CT molecular complexity index is 1440. The Balaban J connectivity index is 1.75. The maximum absolute atomic E-state index is 11.6. The summed E-state index contributed by atoms with van der Waals surface area (Å²) in [6, 6.07) is 14.7. The average molecular weight is 511 g/mol. The number of aromatic nitrogens is 3. The molecule has 0 fully saturated rings. The lowest BCUT2D eigenvalue weighted by Crippen LogP contribution is -2.23. The van der Waals surface area contributed by atoms with Crippen molar-refractivity contribution in [2.24, 2.45) is 0 Å². The average Bonchev–Trinajstić information content (AvgIpc) is 2.89. The highest BCUT2D eigenvalue weighted by Gasteiger charge is 2.15. The van der Waals surface area contributed by atoms with Crippen LogP contribution in [0.4, 0.5) is 11.4 Å². The standard InChI is InChI=1S/C25H26N4O6S/c1-32-20-11-19(12-21(14-20)33-2)29(9-10-35-36(4,30)31)18-6-7-22-23(13-18)28-24(16-26-22)17-5-8-25(34-3)27-15-17/h5-8,11-16H,9-10H2,1-4H3. The van der Waals surface area contributed by atoms with Gasteiger partial charge in [0.05, 0.1) is 57.1 Å². The molecule has 4 aromatic rings. The van der Waals surface area contributed by atoms with E-state index in [9.17, 15) is 8.42 Å². The molecule has 0 atom stereocenters. The molecule has 0 N–H and O–H groups in total.